The van der Waals surface area contributed by atoms with Gasteiger partial charge in [0.05, 0.1) is 11.1 Å². The Morgan fingerprint density at radius 3 is 2.96 bits per heavy atom. The highest BCUT2D eigenvalue weighted by Gasteiger charge is 2.38. The number of hydrogen-bond acceptors (Lipinski definition) is 4. The van der Waals surface area contributed by atoms with E-state index in [1.807, 2.05) is 0 Å². The lowest BCUT2D eigenvalue weighted by atomic mass is 9.80. The van der Waals surface area contributed by atoms with Crippen LogP contribution < -0.4 is 10.9 Å². The number of anilines is 1. The fourth-order valence-electron chi connectivity index (χ4n) is 4.29. The van der Waals surface area contributed by atoms with Gasteiger partial charge in [-0.25, -0.2) is 9.49 Å². The molecule has 0 aliphatic carbocycles. The second-order valence-corrected chi connectivity index (χ2v) is 6.82. The summed E-state index contributed by atoms with van der Waals surface area (Å²) >= 11 is 0. The summed E-state index contributed by atoms with van der Waals surface area (Å²) in [7, 11) is 2.15. The Hall–Kier alpha value is -1.95. The largest absolute Gasteiger partial charge is 0.381 e. The molecule has 1 unspecified atom stereocenters. The maximum absolute atomic E-state index is 13.8. The van der Waals surface area contributed by atoms with Gasteiger partial charge in [0, 0.05) is 29.1 Å². The lowest BCUT2D eigenvalue weighted by Gasteiger charge is -2.43. The van der Waals surface area contributed by atoms with Gasteiger partial charge in [-0.05, 0) is 45.5 Å². The Labute approximate surface area is 133 Å². The minimum atomic E-state index is -0.400. The molecule has 0 amide bonds. The van der Waals surface area contributed by atoms with Crippen LogP contribution in [0.3, 0.4) is 0 Å². The summed E-state index contributed by atoms with van der Waals surface area (Å²) < 4.78 is 13.8. The van der Waals surface area contributed by atoms with Crippen molar-refractivity contribution in [2.24, 2.45) is 0 Å². The zero-order valence-electron chi connectivity index (χ0n) is 13.4. The van der Waals surface area contributed by atoms with Crippen LogP contribution in [0.2, 0.25) is 0 Å². The highest BCUT2D eigenvalue weighted by Crippen LogP contribution is 2.41. The highest BCUT2D eigenvalue weighted by atomic mass is 19.1. The minimum absolute atomic E-state index is 0.136. The molecule has 1 aromatic carbocycles. The van der Waals surface area contributed by atoms with Crippen molar-refractivity contribution in [3.05, 3.63) is 34.0 Å². The van der Waals surface area contributed by atoms with Crippen LogP contribution in [0.15, 0.2) is 16.9 Å². The first-order valence-corrected chi connectivity index (χ1v) is 8.25. The summed E-state index contributed by atoms with van der Waals surface area (Å²) in [4.78, 5) is 14.5. The first kappa shape index (κ1) is 14.6. The molecule has 2 N–H and O–H groups in total. The molecule has 2 aliphatic rings. The number of likely N-dealkylation sites (N-methyl/N-ethyl adjacent to an activating group) is 1. The summed E-state index contributed by atoms with van der Waals surface area (Å²) in [6.45, 7) is 3.19. The molecule has 0 bridgehead atoms. The van der Waals surface area contributed by atoms with E-state index in [4.69, 9.17) is 0 Å². The maximum atomic E-state index is 13.8. The number of aromatic amines is 1. The first-order chi connectivity index (χ1) is 11.1. The van der Waals surface area contributed by atoms with Gasteiger partial charge in [-0.1, -0.05) is 6.42 Å². The Morgan fingerprint density at radius 2 is 2.17 bits per heavy atom. The standard InChI is InChI=1S/C17H21FN4O/c1-9-14(13-5-3-4-6-22(13)2)16-15-11(17(23)21-20-16)7-10(18)8-12(15)19-9/h7-9,13-14,19H,3-6H2,1-2H3,(H,21,23)/t9-,13-,14?/m1/s1. The lowest BCUT2D eigenvalue weighted by Crippen LogP contribution is -2.47. The van der Waals surface area contributed by atoms with Crippen LogP contribution in [0.1, 0.15) is 37.8 Å². The van der Waals surface area contributed by atoms with Gasteiger partial charge in [0.15, 0.2) is 0 Å². The number of likely N-dealkylation sites (tertiary alicyclic amines) is 1. The number of rotatable bonds is 1. The number of benzene rings is 1. The molecule has 6 heteroatoms. The number of hydrogen-bond donors (Lipinski definition) is 2. The van der Waals surface area contributed by atoms with Gasteiger partial charge in [-0.3, -0.25) is 4.79 Å². The predicted octanol–water partition coefficient (Wildman–Crippen LogP) is 2.44. The number of piperidine rings is 1. The van der Waals surface area contributed by atoms with E-state index in [1.165, 1.54) is 25.0 Å². The molecule has 2 aliphatic heterocycles. The summed E-state index contributed by atoms with van der Waals surface area (Å²) in [6, 6.07) is 3.29. The second kappa shape index (κ2) is 5.30. The lowest BCUT2D eigenvalue weighted by molar-refractivity contribution is 0.150. The van der Waals surface area contributed by atoms with Gasteiger partial charge in [-0.2, -0.15) is 5.10 Å². The molecule has 23 heavy (non-hydrogen) atoms. The molecule has 2 aromatic rings. The SMILES string of the molecule is C[C@H]1Nc2cc(F)cc3c(=O)[nH]nc(c23)C1[C@H]1CCCCN1C. The Bertz CT molecular complexity index is 818. The third-order valence-corrected chi connectivity index (χ3v) is 5.36. The highest BCUT2D eigenvalue weighted by molar-refractivity contribution is 5.97. The van der Waals surface area contributed by atoms with Crippen molar-refractivity contribution in [2.75, 3.05) is 18.9 Å². The molecular weight excluding hydrogens is 295 g/mol. The topological polar surface area (TPSA) is 61.0 Å². The van der Waals surface area contributed by atoms with E-state index in [2.05, 4.69) is 34.4 Å². The molecule has 0 radical (unpaired) electrons. The van der Waals surface area contributed by atoms with E-state index in [9.17, 15) is 9.18 Å². The van der Waals surface area contributed by atoms with Gasteiger partial charge >= 0.3 is 0 Å². The van der Waals surface area contributed by atoms with Crippen molar-refractivity contribution in [1.29, 1.82) is 0 Å². The third kappa shape index (κ3) is 2.24. The quantitative estimate of drug-likeness (QED) is 0.848. The smallest absolute Gasteiger partial charge is 0.272 e. The van der Waals surface area contributed by atoms with Crippen LogP contribution in [-0.2, 0) is 0 Å². The molecular formula is C17H21FN4O. The van der Waals surface area contributed by atoms with Gasteiger partial charge < -0.3 is 10.2 Å². The molecule has 1 fully saturated rings. The van der Waals surface area contributed by atoms with Crippen molar-refractivity contribution in [3.63, 3.8) is 0 Å². The Kier molecular flexibility index (Phi) is 3.37. The number of aromatic nitrogens is 2. The van der Waals surface area contributed by atoms with Gasteiger partial charge in [0.25, 0.3) is 5.56 Å². The Balaban J connectivity index is 1.93. The van der Waals surface area contributed by atoms with Crippen LogP contribution in [0.5, 0.6) is 0 Å². The molecule has 1 saturated heterocycles. The van der Waals surface area contributed by atoms with Gasteiger partial charge in [-0.15, -0.1) is 0 Å². The fraction of sp³-hybridized carbons (Fsp3) is 0.529. The maximum Gasteiger partial charge on any atom is 0.272 e. The molecule has 1 aromatic heterocycles. The summed E-state index contributed by atoms with van der Waals surface area (Å²) in [5, 5.41) is 11.5. The summed E-state index contributed by atoms with van der Waals surface area (Å²) in [6.07, 6.45) is 3.55. The molecule has 4 rings (SSSR count). The Morgan fingerprint density at radius 1 is 1.35 bits per heavy atom. The number of halogens is 1. The fourth-order valence-corrected chi connectivity index (χ4v) is 4.29. The second-order valence-electron chi connectivity index (χ2n) is 6.82. The average molecular weight is 316 g/mol. The van der Waals surface area contributed by atoms with Crippen LogP contribution in [0, 0.1) is 5.82 Å². The van der Waals surface area contributed by atoms with Gasteiger partial charge in [0.2, 0.25) is 0 Å². The number of nitrogens with one attached hydrogen (secondary N) is 2. The minimum Gasteiger partial charge on any atom is -0.381 e. The van der Waals surface area contributed by atoms with Crippen molar-refractivity contribution in [3.8, 4) is 0 Å². The number of H-pyrrole nitrogens is 1. The summed E-state index contributed by atoms with van der Waals surface area (Å²) in [5.41, 5.74) is 1.23. The van der Waals surface area contributed by atoms with E-state index in [1.54, 1.807) is 0 Å². The molecule has 0 saturated carbocycles. The van der Waals surface area contributed by atoms with Gasteiger partial charge in [0.1, 0.15) is 5.82 Å². The van der Waals surface area contributed by atoms with Crippen LogP contribution in [0.4, 0.5) is 10.1 Å². The van der Waals surface area contributed by atoms with E-state index in [0.29, 0.717) is 17.1 Å². The van der Waals surface area contributed by atoms with Crippen LogP contribution in [-0.4, -0.2) is 40.8 Å². The molecule has 0 spiro atoms. The van der Waals surface area contributed by atoms with E-state index in [0.717, 1.165) is 24.0 Å². The predicted molar refractivity (Wildman–Crippen MR) is 88.4 cm³/mol. The first-order valence-electron chi connectivity index (χ1n) is 8.25. The monoisotopic (exact) mass is 316 g/mol. The van der Waals surface area contributed by atoms with Crippen LogP contribution in [0.25, 0.3) is 10.8 Å². The zero-order chi connectivity index (χ0) is 16.1. The van der Waals surface area contributed by atoms with Crippen LogP contribution >= 0.6 is 0 Å². The molecule has 122 valence electrons. The third-order valence-electron chi connectivity index (χ3n) is 5.36. The van der Waals surface area contributed by atoms with E-state index in [-0.39, 0.29) is 17.5 Å². The summed E-state index contributed by atoms with van der Waals surface area (Å²) in [5.74, 6) is -0.222. The average Bonchev–Trinajstić information content (AvgIpc) is 2.51. The van der Waals surface area contributed by atoms with Crippen molar-refractivity contribution < 1.29 is 4.39 Å². The molecule has 3 atom stereocenters. The zero-order valence-corrected chi connectivity index (χ0v) is 13.4. The number of nitrogens with zero attached hydrogens (tertiary/aromatic N) is 2. The van der Waals surface area contributed by atoms with Crippen molar-refractivity contribution >= 4 is 16.5 Å². The van der Waals surface area contributed by atoms with E-state index < -0.39 is 5.82 Å². The van der Waals surface area contributed by atoms with Crippen molar-refractivity contribution in [1.82, 2.24) is 15.1 Å². The molecule has 3 heterocycles. The normalized spacial score (nSPS) is 27.9. The van der Waals surface area contributed by atoms with E-state index >= 15 is 0 Å². The molecule has 5 nitrogen and oxygen atoms in total. The van der Waals surface area contributed by atoms with Crippen molar-refractivity contribution in [2.45, 2.75) is 44.2 Å².